The molecule has 1 saturated heterocycles. The normalized spacial score (nSPS) is 41.1. The molecule has 0 radical (unpaired) electrons. The quantitative estimate of drug-likeness (QED) is 0.505. The van der Waals surface area contributed by atoms with Crippen molar-refractivity contribution in [3.63, 3.8) is 0 Å². The third kappa shape index (κ3) is 0.878. The second-order valence-corrected chi connectivity index (χ2v) is 4.62. The second kappa shape index (κ2) is 1.97. The van der Waals surface area contributed by atoms with E-state index in [0.29, 0.717) is 16.9 Å². The molecule has 0 aromatic heterocycles. The topological polar surface area (TPSA) is 9.23 Å². The maximum Gasteiger partial charge on any atom is 0.0627 e. The van der Waals surface area contributed by atoms with Crippen molar-refractivity contribution < 1.29 is 4.74 Å². The van der Waals surface area contributed by atoms with E-state index in [4.69, 9.17) is 4.74 Å². The van der Waals surface area contributed by atoms with Crippen molar-refractivity contribution in [3.05, 3.63) is 0 Å². The second-order valence-electron chi connectivity index (χ2n) is 4.62. The predicted molar refractivity (Wildman–Crippen MR) is 43.0 cm³/mol. The van der Waals surface area contributed by atoms with E-state index in [9.17, 15) is 0 Å². The molecular formula is C9H18O. The molecule has 0 unspecified atom stereocenters. The lowest BCUT2D eigenvalue weighted by Gasteiger charge is -2.53. The van der Waals surface area contributed by atoms with Gasteiger partial charge in [0.15, 0.2) is 0 Å². The molecule has 1 rings (SSSR count). The van der Waals surface area contributed by atoms with Gasteiger partial charge in [-0.05, 0) is 12.3 Å². The van der Waals surface area contributed by atoms with Crippen molar-refractivity contribution >= 4 is 0 Å². The Bertz CT molecular complexity index is 134. The number of ether oxygens (including phenoxy) is 1. The van der Waals surface area contributed by atoms with Crippen LogP contribution in [0.5, 0.6) is 0 Å². The summed E-state index contributed by atoms with van der Waals surface area (Å²) in [6.45, 7) is 12.2. The molecule has 0 aliphatic carbocycles. The summed E-state index contributed by atoms with van der Waals surface area (Å²) in [6, 6.07) is 0. The molecule has 1 fully saturated rings. The Morgan fingerprint density at radius 1 is 1.40 bits per heavy atom. The van der Waals surface area contributed by atoms with E-state index in [1.54, 1.807) is 0 Å². The van der Waals surface area contributed by atoms with Gasteiger partial charge in [0.1, 0.15) is 0 Å². The van der Waals surface area contributed by atoms with E-state index in [-0.39, 0.29) is 0 Å². The molecule has 1 aliphatic heterocycles. The molecule has 1 heterocycles. The molecule has 0 aromatic carbocycles. The largest absolute Gasteiger partial charge is 0.377 e. The fraction of sp³-hybridized carbons (Fsp3) is 1.00. The van der Waals surface area contributed by atoms with Crippen molar-refractivity contribution in [2.45, 2.75) is 40.7 Å². The molecule has 0 bridgehead atoms. The minimum absolute atomic E-state index is 0.380. The summed E-state index contributed by atoms with van der Waals surface area (Å²) in [5.74, 6) is 0. The van der Waals surface area contributed by atoms with Crippen LogP contribution >= 0.6 is 0 Å². The van der Waals surface area contributed by atoms with Gasteiger partial charge in [0.25, 0.3) is 0 Å². The van der Waals surface area contributed by atoms with E-state index in [1.807, 2.05) is 0 Å². The van der Waals surface area contributed by atoms with Crippen LogP contribution in [0.25, 0.3) is 0 Å². The maximum absolute atomic E-state index is 5.37. The third-order valence-corrected chi connectivity index (χ3v) is 3.24. The molecule has 0 N–H and O–H groups in total. The van der Waals surface area contributed by atoms with Crippen LogP contribution in [0.15, 0.2) is 0 Å². The van der Waals surface area contributed by atoms with Crippen LogP contribution in [-0.4, -0.2) is 12.7 Å². The van der Waals surface area contributed by atoms with E-state index in [1.165, 1.54) is 0 Å². The molecule has 0 amide bonds. The third-order valence-electron chi connectivity index (χ3n) is 3.24. The summed E-state index contributed by atoms with van der Waals surface area (Å²) in [6.07, 6.45) is 0.438. The lowest BCUT2D eigenvalue weighted by atomic mass is 9.62. The van der Waals surface area contributed by atoms with Gasteiger partial charge < -0.3 is 4.74 Å². The maximum atomic E-state index is 5.37. The van der Waals surface area contributed by atoms with Crippen molar-refractivity contribution in [3.8, 4) is 0 Å². The molecule has 0 spiro atoms. The van der Waals surface area contributed by atoms with E-state index in [0.717, 1.165) is 6.61 Å². The Morgan fingerprint density at radius 3 is 1.90 bits per heavy atom. The first-order valence-corrected chi connectivity index (χ1v) is 3.99. The first-order chi connectivity index (χ1) is 4.38. The average Bonchev–Trinajstić information content (AvgIpc) is 1.80. The van der Waals surface area contributed by atoms with Crippen LogP contribution in [0, 0.1) is 10.8 Å². The Hall–Kier alpha value is -0.0400. The molecule has 0 aromatic rings. The highest BCUT2D eigenvalue weighted by molar-refractivity contribution is 4.96. The van der Waals surface area contributed by atoms with Gasteiger partial charge in [0.2, 0.25) is 0 Å². The highest BCUT2D eigenvalue weighted by Crippen LogP contribution is 2.48. The highest BCUT2D eigenvalue weighted by atomic mass is 16.5. The Kier molecular flexibility index (Phi) is 1.59. The number of rotatable bonds is 0. The Balaban J connectivity index is 2.70. The average molecular weight is 142 g/mol. The molecule has 1 nitrogen and oxygen atoms in total. The molecular weight excluding hydrogens is 124 g/mol. The summed E-state index contributed by atoms with van der Waals surface area (Å²) in [7, 11) is 0. The number of hydrogen-bond donors (Lipinski definition) is 0. The predicted octanol–water partition coefficient (Wildman–Crippen LogP) is 2.46. The summed E-state index contributed by atoms with van der Waals surface area (Å²) in [5, 5.41) is 0. The minimum Gasteiger partial charge on any atom is -0.377 e. The number of hydrogen-bond acceptors (Lipinski definition) is 1. The standard InChI is InChI=1S/C9H18O/c1-7-9(5,6-10-7)8(2,3)4/h7H,6H2,1-5H3/t7-,9-/m1/s1. The zero-order chi connectivity index (χ0) is 7.99. The van der Waals surface area contributed by atoms with Gasteiger partial charge in [-0.15, -0.1) is 0 Å². The lowest BCUT2D eigenvalue weighted by Crippen LogP contribution is -2.55. The van der Waals surface area contributed by atoms with Crippen LogP contribution in [0.4, 0.5) is 0 Å². The summed E-state index contributed by atoms with van der Waals surface area (Å²) in [5.41, 5.74) is 0.775. The van der Waals surface area contributed by atoms with Gasteiger partial charge in [-0.2, -0.15) is 0 Å². The molecule has 1 aliphatic rings. The first-order valence-electron chi connectivity index (χ1n) is 3.99. The van der Waals surface area contributed by atoms with Gasteiger partial charge in [-0.3, -0.25) is 0 Å². The molecule has 2 atom stereocenters. The van der Waals surface area contributed by atoms with Gasteiger partial charge in [0, 0.05) is 5.41 Å². The smallest absolute Gasteiger partial charge is 0.0627 e. The van der Waals surface area contributed by atoms with Crippen molar-refractivity contribution in [2.24, 2.45) is 10.8 Å². The summed E-state index contributed by atoms with van der Waals surface area (Å²) < 4.78 is 5.37. The minimum atomic E-state index is 0.380. The van der Waals surface area contributed by atoms with E-state index >= 15 is 0 Å². The zero-order valence-electron chi connectivity index (χ0n) is 7.69. The van der Waals surface area contributed by atoms with Crippen molar-refractivity contribution in [2.75, 3.05) is 6.61 Å². The molecule has 0 saturated carbocycles. The van der Waals surface area contributed by atoms with Crippen LogP contribution in [0.1, 0.15) is 34.6 Å². The monoisotopic (exact) mass is 142 g/mol. The van der Waals surface area contributed by atoms with Gasteiger partial charge in [-0.25, -0.2) is 0 Å². The van der Waals surface area contributed by atoms with Crippen LogP contribution in [-0.2, 0) is 4.74 Å². The van der Waals surface area contributed by atoms with Gasteiger partial charge in [-0.1, -0.05) is 27.7 Å². The fourth-order valence-corrected chi connectivity index (χ4v) is 1.33. The Labute approximate surface area is 63.8 Å². The molecule has 1 heteroatoms. The summed E-state index contributed by atoms with van der Waals surface area (Å²) in [4.78, 5) is 0. The van der Waals surface area contributed by atoms with E-state index in [2.05, 4.69) is 34.6 Å². The van der Waals surface area contributed by atoms with Gasteiger partial charge >= 0.3 is 0 Å². The van der Waals surface area contributed by atoms with Gasteiger partial charge in [0.05, 0.1) is 12.7 Å². The first kappa shape index (κ1) is 8.06. The fourth-order valence-electron chi connectivity index (χ4n) is 1.33. The lowest BCUT2D eigenvalue weighted by molar-refractivity contribution is -0.215. The van der Waals surface area contributed by atoms with Crippen LogP contribution < -0.4 is 0 Å². The van der Waals surface area contributed by atoms with Crippen molar-refractivity contribution in [1.29, 1.82) is 0 Å². The Morgan fingerprint density at radius 2 is 1.90 bits per heavy atom. The molecule has 60 valence electrons. The SMILES string of the molecule is C[C@H]1OC[C@@]1(C)C(C)(C)C. The van der Waals surface area contributed by atoms with Crippen LogP contribution in [0.2, 0.25) is 0 Å². The van der Waals surface area contributed by atoms with Crippen LogP contribution in [0.3, 0.4) is 0 Å². The van der Waals surface area contributed by atoms with E-state index < -0.39 is 0 Å². The highest BCUT2D eigenvalue weighted by Gasteiger charge is 2.49. The summed E-state index contributed by atoms with van der Waals surface area (Å²) >= 11 is 0. The molecule has 10 heavy (non-hydrogen) atoms. The zero-order valence-corrected chi connectivity index (χ0v) is 7.69. The van der Waals surface area contributed by atoms with Crippen molar-refractivity contribution in [1.82, 2.24) is 0 Å².